The zero-order chi connectivity index (χ0) is 19.7. The number of nitriles is 1. The standard InChI is InChI=1S/C22H18N4O2/c1-25-20(27)8-6-17-3-2-4-19(22(17)25)18-9-16(11-24-12-18)14-26-13-15(10-23)5-7-21(26)28/h2-5,7,9,11-13H,6,8,14H2,1H3. The first-order chi connectivity index (χ1) is 13.6. The summed E-state index contributed by atoms with van der Waals surface area (Å²) in [5, 5.41) is 9.06. The predicted octanol–water partition coefficient (Wildman–Crippen LogP) is 2.74. The van der Waals surface area contributed by atoms with Crippen LogP contribution >= 0.6 is 0 Å². The highest BCUT2D eigenvalue weighted by Crippen LogP contribution is 2.37. The molecule has 0 spiro atoms. The van der Waals surface area contributed by atoms with E-state index in [1.807, 2.05) is 30.3 Å². The minimum absolute atomic E-state index is 0.101. The van der Waals surface area contributed by atoms with Crippen molar-refractivity contribution >= 4 is 11.6 Å². The summed E-state index contributed by atoms with van der Waals surface area (Å²) < 4.78 is 1.50. The number of amides is 1. The van der Waals surface area contributed by atoms with Gasteiger partial charge in [0.05, 0.1) is 17.8 Å². The molecule has 0 fully saturated rings. The topological polar surface area (TPSA) is 79.0 Å². The largest absolute Gasteiger partial charge is 0.315 e. The lowest BCUT2D eigenvalue weighted by molar-refractivity contribution is -0.118. The number of fused-ring (bicyclic) bond motifs is 1. The number of benzene rings is 1. The van der Waals surface area contributed by atoms with E-state index in [-0.39, 0.29) is 11.5 Å². The van der Waals surface area contributed by atoms with Crippen molar-refractivity contribution in [3.05, 3.63) is 82.0 Å². The number of para-hydroxylation sites is 1. The fourth-order valence-electron chi connectivity index (χ4n) is 3.60. The van der Waals surface area contributed by atoms with Crippen molar-refractivity contribution in [2.24, 2.45) is 0 Å². The number of hydrogen-bond donors (Lipinski definition) is 0. The molecule has 1 aliphatic heterocycles. The van der Waals surface area contributed by atoms with Gasteiger partial charge in [0.1, 0.15) is 6.07 Å². The normalized spacial score (nSPS) is 13.1. The minimum atomic E-state index is -0.174. The maximum atomic E-state index is 12.2. The molecule has 6 heteroatoms. The Morgan fingerprint density at radius 2 is 2.00 bits per heavy atom. The molecule has 0 saturated carbocycles. The van der Waals surface area contributed by atoms with Crippen molar-refractivity contribution in [3.8, 4) is 17.2 Å². The molecule has 0 aliphatic carbocycles. The lowest BCUT2D eigenvalue weighted by Gasteiger charge is -2.28. The van der Waals surface area contributed by atoms with Crippen molar-refractivity contribution in [3.63, 3.8) is 0 Å². The number of hydrogen-bond acceptors (Lipinski definition) is 4. The van der Waals surface area contributed by atoms with Crippen LogP contribution in [-0.4, -0.2) is 22.5 Å². The zero-order valence-corrected chi connectivity index (χ0v) is 15.4. The van der Waals surface area contributed by atoms with Gasteiger partial charge >= 0.3 is 0 Å². The summed E-state index contributed by atoms with van der Waals surface area (Å²) in [5.41, 5.74) is 5.00. The van der Waals surface area contributed by atoms with Gasteiger partial charge in [-0.3, -0.25) is 14.6 Å². The molecule has 6 nitrogen and oxygen atoms in total. The molecule has 0 bridgehead atoms. The van der Waals surface area contributed by atoms with E-state index in [2.05, 4.69) is 4.98 Å². The molecule has 2 aromatic heterocycles. The maximum Gasteiger partial charge on any atom is 0.250 e. The zero-order valence-electron chi connectivity index (χ0n) is 15.4. The summed E-state index contributed by atoms with van der Waals surface area (Å²) in [4.78, 5) is 30.3. The van der Waals surface area contributed by atoms with Crippen LogP contribution in [0.2, 0.25) is 0 Å². The van der Waals surface area contributed by atoms with Crippen LogP contribution in [0.3, 0.4) is 0 Å². The summed E-state index contributed by atoms with van der Waals surface area (Å²) in [7, 11) is 1.80. The Bertz CT molecular complexity index is 1170. The summed E-state index contributed by atoms with van der Waals surface area (Å²) in [5.74, 6) is 0.101. The Balaban J connectivity index is 1.75. The van der Waals surface area contributed by atoms with Crippen molar-refractivity contribution in [1.29, 1.82) is 5.26 Å². The van der Waals surface area contributed by atoms with Crippen LogP contribution in [0.4, 0.5) is 5.69 Å². The lowest BCUT2D eigenvalue weighted by atomic mass is 9.94. The molecule has 3 aromatic rings. The van der Waals surface area contributed by atoms with Gasteiger partial charge in [-0.15, -0.1) is 0 Å². The van der Waals surface area contributed by atoms with Crippen molar-refractivity contribution in [2.45, 2.75) is 19.4 Å². The third-order valence-corrected chi connectivity index (χ3v) is 5.01. The average molecular weight is 370 g/mol. The van der Waals surface area contributed by atoms with Gasteiger partial charge in [-0.2, -0.15) is 5.26 Å². The molecule has 0 atom stereocenters. The number of nitrogens with zero attached hydrogens (tertiary/aromatic N) is 4. The number of rotatable bonds is 3. The first kappa shape index (κ1) is 17.7. The number of aromatic nitrogens is 2. The summed E-state index contributed by atoms with van der Waals surface area (Å²) in [6, 6.07) is 12.9. The Hall–Kier alpha value is -3.72. The molecule has 1 amide bonds. The minimum Gasteiger partial charge on any atom is -0.315 e. The van der Waals surface area contributed by atoms with Crippen LogP contribution in [0, 0.1) is 11.3 Å². The molecule has 28 heavy (non-hydrogen) atoms. The number of carbonyl (C=O) groups is 1. The third-order valence-electron chi connectivity index (χ3n) is 5.01. The molecular formula is C22H18N4O2. The summed E-state index contributed by atoms with van der Waals surface area (Å²) >= 11 is 0. The van der Waals surface area contributed by atoms with E-state index in [0.717, 1.165) is 34.4 Å². The number of anilines is 1. The van der Waals surface area contributed by atoms with Crippen LogP contribution in [0.25, 0.3) is 11.1 Å². The van der Waals surface area contributed by atoms with Crippen molar-refractivity contribution < 1.29 is 4.79 Å². The fraction of sp³-hybridized carbons (Fsp3) is 0.182. The smallest absolute Gasteiger partial charge is 0.250 e. The van der Waals surface area contributed by atoms with Crippen LogP contribution in [0.1, 0.15) is 23.1 Å². The first-order valence-corrected chi connectivity index (χ1v) is 9.00. The van der Waals surface area contributed by atoms with Gasteiger partial charge in [-0.1, -0.05) is 18.2 Å². The van der Waals surface area contributed by atoms with Crippen molar-refractivity contribution in [1.82, 2.24) is 9.55 Å². The van der Waals surface area contributed by atoms with E-state index in [4.69, 9.17) is 5.26 Å². The summed E-state index contributed by atoms with van der Waals surface area (Å²) in [6.07, 6.45) is 6.27. The van der Waals surface area contributed by atoms with Gasteiger partial charge in [0.2, 0.25) is 5.91 Å². The van der Waals surface area contributed by atoms with Gasteiger partial charge in [0, 0.05) is 49.3 Å². The Morgan fingerprint density at radius 3 is 2.82 bits per heavy atom. The second-order valence-corrected chi connectivity index (χ2v) is 6.84. The molecular weight excluding hydrogens is 352 g/mol. The third kappa shape index (κ3) is 3.19. The van der Waals surface area contributed by atoms with Crippen LogP contribution in [0.15, 0.2) is 59.8 Å². The van der Waals surface area contributed by atoms with E-state index >= 15 is 0 Å². The monoisotopic (exact) mass is 370 g/mol. The van der Waals surface area contributed by atoms with E-state index in [9.17, 15) is 9.59 Å². The molecule has 138 valence electrons. The quantitative estimate of drug-likeness (QED) is 0.710. The SMILES string of the molecule is CN1C(=O)CCc2cccc(-c3cncc(Cn4cc(C#N)ccc4=O)c3)c21. The van der Waals surface area contributed by atoms with E-state index in [1.165, 1.54) is 16.7 Å². The van der Waals surface area contributed by atoms with Crippen LogP contribution in [0.5, 0.6) is 0 Å². The van der Waals surface area contributed by atoms with Gasteiger partial charge in [0.25, 0.3) is 5.56 Å². The highest BCUT2D eigenvalue weighted by atomic mass is 16.2. The average Bonchev–Trinajstić information content (AvgIpc) is 2.72. The van der Waals surface area contributed by atoms with Crippen molar-refractivity contribution in [2.75, 3.05) is 11.9 Å². The maximum absolute atomic E-state index is 12.2. The second-order valence-electron chi connectivity index (χ2n) is 6.84. The van der Waals surface area contributed by atoms with E-state index < -0.39 is 0 Å². The van der Waals surface area contributed by atoms with Gasteiger partial charge in [-0.25, -0.2) is 0 Å². The number of pyridine rings is 2. The van der Waals surface area contributed by atoms with E-state index in [0.29, 0.717) is 18.5 Å². The Kier molecular flexibility index (Phi) is 4.50. The molecule has 0 unspecified atom stereocenters. The van der Waals surface area contributed by atoms with Gasteiger partial charge in [0.15, 0.2) is 0 Å². The summed E-state index contributed by atoms with van der Waals surface area (Å²) in [6.45, 7) is 0.318. The van der Waals surface area contributed by atoms with Crippen LogP contribution < -0.4 is 10.5 Å². The Labute approximate surface area is 162 Å². The van der Waals surface area contributed by atoms with Gasteiger partial charge < -0.3 is 9.47 Å². The molecule has 1 aliphatic rings. The molecule has 0 N–H and O–H groups in total. The molecule has 4 rings (SSSR count). The first-order valence-electron chi connectivity index (χ1n) is 9.00. The fourth-order valence-corrected chi connectivity index (χ4v) is 3.60. The number of aryl methyl sites for hydroxylation is 1. The molecule has 0 radical (unpaired) electrons. The van der Waals surface area contributed by atoms with E-state index in [1.54, 1.807) is 30.5 Å². The van der Waals surface area contributed by atoms with Crippen LogP contribution in [-0.2, 0) is 17.8 Å². The van der Waals surface area contributed by atoms with Gasteiger partial charge in [-0.05, 0) is 29.7 Å². The number of carbonyl (C=O) groups excluding carboxylic acids is 1. The lowest BCUT2D eigenvalue weighted by Crippen LogP contribution is -2.31. The second kappa shape index (κ2) is 7.12. The highest BCUT2D eigenvalue weighted by molar-refractivity contribution is 6.00. The highest BCUT2D eigenvalue weighted by Gasteiger charge is 2.24. The molecule has 1 aromatic carbocycles. The predicted molar refractivity (Wildman–Crippen MR) is 106 cm³/mol. The molecule has 0 saturated heterocycles. The molecule has 3 heterocycles. The Morgan fingerprint density at radius 1 is 1.14 bits per heavy atom.